The summed E-state index contributed by atoms with van der Waals surface area (Å²) in [7, 11) is 0. The smallest absolute Gasteiger partial charge is 0.268 e. The van der Waals surface area contributed by atoms with E-state index in [1.165, 1.54) is 4.90 Å². The molecule has 0 bridgehead atoms. The highest BCUT2D eigenvalue weighted by atomic mass is 16.5. The van der Waals surface area contributed by atoms with Crippen LogP contribution >= 0.6 is 0 Å². The summed E-state index contributed by atoms with van der Waals surface area (Å²) in [4.78, 5) is 41.4. The molecular formula is C22H23N3O4. The molecule has 2 aliphatic rings. The van der Waals surface area contributed by atoms with Crippen molar-refractivity contribution in [2.24, 2.45) is 0 Å². The maximum absolute atomic E-state index is 12.8. The Kier molecular flexibility index (Phi) is 5.20. The molecule has 1 N–H and O–H groups in total. The third kappa shape index (κ3) is 3.81. The Morgan fingerprint density at radius 3 is 2.55 bits per heavy atom. The van der Waals surface area contributed by atoms with Gasteiger partial charge in [-0.05, 0) is 44.0 Å². The number of nitrogens with one attached hydrogen (secondary N) is 1. The lowest BCUT2D eigenvalue weighted by Crippen LogP contribution is -2.47. The number of likely N-dealkylation sites (tertiary alicyclic amines) is 1. The van der Waals surface area contributed by atoms with Crippen LogP contribution < -0.4 is 15.0 Å². The molecule has 2 heterocycles. The van der Waals surface area contributed by atoms with Crippen LogP contribution in [-0.2, 0) is 9.59 Å². The van der Waals surface area contributed by atoms with E-state index in [0.717, 1.165) is 25.9 Å². The number of fused-ring (bicyclic) bond motifs is 1. The second-order valence-corrected chi connectivity index (χ2v) is 7.25. The quantitative estimate of drug-likeness (QED) is 0.866. The van der Waals surface area contributed by atoms with Gasteiger partial charge in [0.2, 0.25) is 5.91 Å². The van der Waals surface area contributed by atoms with Crippen LogP contribution in [0.2, 0.25) is 0 Å². The van der Waals surface area contributed by atoms with Crippen LogP contribution in [-0.4, -0.2) is 48.4 Å². The highest BCUT2D eigenvalue weighted by Crippen LogP contribution is 2.33. The predicted molar refractivity (Wildman–Crippen MR) is 109 cm³/mol. The molecule has 3 amide bonds. The fourth-order valence-electron chi connectivity index (χ4n) is 3.72. The molecule has 7 heteroatoms. The Hall–Kier alpha value is -3.35. The van der Waals surface area contributed by atoms with Gasteiger partial charge in [0, 0.05) is 13.1 Å². The molecule has 2 aromatic carbocycles. The zero-order valence-corrected chi connectivity index (χ0v) is 16.3. The number of carbonyl (C=O) groups excluding carboxylic acids is 3. The number of nitrogens with zero attached hydrogens (tertiary/aromatic N) is 2. The molecule has 2 aromatic rings. The van der Waals surface area contributed by atoms with Crippen molar-refractivity contribution in [3.63, 3.8) is 0 Å². The molecule has 1 unspecified atom stereocenters. The highest BCUT2D eigenvalue weighted by Gasteiger charge is 2.32. The van der Waals surface area contributed by atoms with Gasteiger partial charge >= 0.3 is 0 Å². The van der Waals surface area contributed by atoms with E-state index in [9.17, 15) is 14.4 Å². The molecule has 4 rings (SSSR count). The molecule has 0 radical (unpaired) electrons. The van der Waals surface area contributed by atoms with Gasteiger partial charge in [-0.15, -0.1) is 0 Å². The maximum Gasteiger partial charge on any atom is 0.268 e. The minimum absolute atomic E-state index is 0.0835. The monoisotopic (exact) mass is 393 g/mol. The van der Waals surface area contributed by atoms with Crippen molar-refractivity contribution in [1.82, 2.24) is 4.90 Å². The third-order valence-electron chi connectivity index (χ3n) is 5.20. The summed E-state index contributed by atoms with van der Waals surface area (Å²) in [6, 6.07) is 14.1. The largest absolute Gasteiger partial charge is 0.479 e. The number of carbonyl (C=O) groups is 3. The van der Waals surface area contributed by atoms with Crippen molar-refractivity contribution in [2.45, 2.75) is 25.9 Å². The molecule has 0 spiro atoms. The van der Waals surface area contributed by atoms with Gasteiger partial charge in [-0.3, -0.25) is 19.3 Å². The van der Waals surface area contributed by atoms with Gasteiger partial charge in [-0.2, -0.15) is 0 Å². The normalized spacial score (nSPS) is 18.2. The van der Waals surface area contributed by atoms with Gasteiger partial charge in [-0.25, -0.2) is 0 Å². The van der Waals surface area contributed by atoms with Gasteiger partial charge in [0.25, 0.3) is 11.8 Å². The molecule has 0 aromatic heterocycles. The third-order valence-corrected chi connectivity index (χ3v) is 5.20. The van der Waals surface area contributed by atoms with Crippen LogP contribution in [0.5, 0.6) is 5.75 Å². The average Bonchev–Trinajstić information content (AvgIpc) is 3.26. The number of rotatable bonds is 4. The van der Waals surface area contributed by atoms with Crippen molar-refractivity contribution < 1.29 is 19.1 Å². The summed E-state index contributed by atoms with van der Waals surface area (Å²) in [6.07, 6.45) is 1.33. The summed E-state index contributed by atoms with van der Waals surface area (Å²) in [6.45, 7) is 2.97. The molecule has 0 aliphatic carbocycles. The molecular weight excluding hydrogens is 370 g/mol. The number of para-hydroxylation sites is 3. The second kappa shape index (κ2) is 7.95. The summed E-state index contributed by atoms with van der Waals surface area (Å²) < 4.78 is 5.61. The fourth-order valence-corrected chi connectivity index (χ4v) is 3.72. The lowest BCUT2D eigenvalue weighted by atomic mass is 10.1. The molecule has 7 nitrogen and oxygen atoms in total. The van der Waals surface area contributed by atoms with Crippen LogP contribution in [0.3, 0.4) is 0 Å². The van der Waals surface area contributed by atoms with E-state index >= 15 is 0 Å². The summed E-state index contributed by atoms with van der Waals surface area (Å²) in [5, 5.41) is 2.81. The number of hydrogen-bond acceptors (Lipinski definition) is 4. The lowest BCUT2D eigenvalue weighted by molar-refractivity contribution is -0.127. The number of benzene rings is 2. The Balaban J connectivity index is 1.52. The first-order valence-corrected chi connectivity index (χ1v) is 9.80. The average molecular weight is 393 g/mol. The van der Waals surface area contributed by atoms with Crippen LogP contribution in [0.4, 0.5) is 11.4 Å². The lowest BCUT2D eigenvalue weighted by Gasteiger charge is -2.32. The van der Waals surface area contributed by atoms with Gasteiger partial charge in [-0.1, -0.05) is 24.3 Å². The first-order valence-electron chi connectivity index (χ1n) is 9.80. The molecule has 2 aliphatic heterocycles. The maximum atomic E-state index is 12.8. The second-order valence-electron chi connectivity index (χ2n) is 7.25. The zero-order valence-electron chi connectivity index (χ0n) is 16.3. The van der Waals surface area contributed by atoms with Crippen LogP contribution in [0.15, 0.2) is 48.5 Å². The minimum Gasteiger partial charge on any atom is -0.479 e. The van der Waals surface area contributed by atoms with Gasteiger partial charge in [0.1, 0.15) is 12.3 Å². The van der Waals surface area contributed by atoms with Crippen molar-refractivity contribution in [3.8, 4) is 5.75 Å². The summed E-state index contributed by atoms with van der Waals surface area (Å²) in [5.41, 5.74) is 1.48. The molecule has 1 fully saturated rings. The standard InChI is InChI=1S/C22H23N3O4/c1-15-21(27)25(18-10-4-5-11-19(18)29-15)14-20(26)23-17-9-3-2-8-16(17)22(28)24-12-6-7-13-24/h2-5,8-11,15H,6-7,12-14H2,1H3,(H,23,26). The Labute approximate surface area is 169 Å². The molecule has 1 saturated heterocycles. The molecule has 150 valence electrons. The fraction of sp³-hybridized carbons (Fsp3) is 0.318. The van der Waals surface area contributed by atoms with Crippen LogP contribution in [0, 0.1) is 0 Å². The zero-order chi connectivity index (χ0) is 20.4. The van der Waals surface area contributed by atoms with E-state index in [-0.39, 0.29) is 24.3 Å². The van der Waals surface area contributed by atoms with E-state index in [4.69, 9.17) is 4.74 Å². The number of amides is 3. The van der Waals surface area contributed by atoms with Gasteiger partial charge in [0.15, 0.2) is 6.10 Å². The Bertz CT molecular complexity index is 953. The Morgan fingerprint density at radius 1 is 1.07 bits per heavy atom. The number of anilines is 2. The minimum atomic E-state index is -0.665. The van der Waals surface area contributed by atoms with E-state index in [2.05, 4.69) is 5.32 Å². The van der Waals surface area contributed by atoms with Gasteiger partial charge < -0.3 is 15.0 Å². The SMILES string of the molecule is CC1Oc2ccccc2N(CC(=O)Nc2ccccc2C(=O)N2CCCC2)C1=O. The van der Waals surface area contributed by atoms with Crippen molar-refractivity contribution in [2.75, 3.05) is 29.9 Å². The summed E-state index contributed by atoms with van der Waals surface area (Å²) >= 11 is 0. The van der Waals surface area contributed by atoms with E-state index in [0.29, 0.717) is 22.7 Å². The molecule has 1 atom stereocenters. The van der Waals surface area contributed by atoms with Crippen LogP contribution in [0.25, 0.3) is 0 Å². The number of ether oxygens (including phenoxy) is 1. The molecule has 29 heavy (non-hydrogen) atoms. The highest BCUT2D eigenvalue weighted by molar-refractivity contribution is 6.08. The first kappa shape index (κ1) is 19.0. The van der Waals surface area contributed by atoms with E-state index < -0.39 is 6.10 Å². The topological polar surface area (TPSA) is 79.0 Å². The van der Waals surface area contributed by atoms with E-state index in [1.54, 1.807) is 54.3 Å². The van der Waals surface area contributed by atoms with Crippen molar-refractivity contribution in [1.29, 1.82) is 0 Å². The van der Waals surface area contributed by atoms with Crippen molar-refractivity contribution >= 4 is 29.1 Å². The first-order chi connectivity index (χ1) is 14.0. The predicted octanol–water partition coefficient (Wildman–Crippen LogP) is 2.68. The summed E-state index contributed by atoms with van der Waals surface area (Å²) in [5.74, 6) is -0.166. The van der Waals surface area contributed by atoms with Gasteiger partial charge in [0.05, 0.1) is 16.9 Å². The van der Waals surface area contributed by atoms with Crippen molar-refractivity contribution in [3.05, 3.63) is 54.1 Å². The van der Waals surface area contributed by atoms with Crippen LogP contribution in [0.1, 0.15) is 30.1 Å². The van der Waals surface area contributed by atoms with E-state index in [1.807, 2.05) is 6.07 Å². The Morgan fingerprint density at radius 2 is 1.76 bits per heavy atom. The number of hydrogen-bond donors (Lipinski definition) is 1. The molecule has 0 saturated carbocycles.